The number of hydrogen-bond acceptors (Lipinski definition) is 4. The lowest BCUT2D eigenvalue weighted by Gasteiger charge is -2.40. The number of fused-ring (bicyclic) bond motifs is 2. The van der Waals surface area contributed by atoms with Gasteiger partial charge in [0.15, 0.2) is 5.79 Å². The van der Waals surface area contributed by atoms with E-state index in [9.17, 15) is 4.79 Å². The van der Waals surface area contributed by atoms with E-state index in [4.69, 9.17) is 21.1 Å². The largest absolute Gasteiger partial charge is 0.348 e. The molecular weight excluding hydrogens is 280 g/mol. The number of carbonyl (C=O) groups is 1. The maximum atomic E-state index is 12.5. The number of ether oxygens (including phenoxy) is 2. The van der Waals surface area contributed by atoms with Gasteiger partial charge in [0, 0.05) is 12.8 Å². The molecule has 1 amide bonds. The number of nitrogens with zero attached hydrogens (tertiary/aromatic N) is 1. The van der Waals surface area contributed by atoms with Crippen LogP contribution >= 0.6 is 11.6 Å². The maximum absolute atomic E-state index is 12.5. The predicted octanol–water partition coefficient (Wildman–Crippen LogP) is 2.24. The zero-order valence-corrected chi connectivity index (χ0v) is 11.7. The van der Waals surface area contributed by atoms with Gasteiger partial charge in [-0.25, -0.2) is 4.98 Å². The lowest BCUT2D eigenvalue weighted by molar-refractivity contribution is -0.185. The Bertz CT molecular complexity index is 574. The molecule has 2 spiro atoms. The van der Waals surface area contributed by atoms with Gasteiger partial charge in [0.1, 0.15) is 5.15 Å². The smallest absolute Gasteiger partial charge is 0.235 e. The molecule has 2 aliphatic heterocycles. The lowest BCUT2D eigenvalue weighted by atomic mass is 9.68. The molecule has 1 N–H and O–H groups in total. The van der Waals surface area contributed by atoms with Crippen LogP contribution in [0.3, 0.4) is 0 Å². The van der Waals surface area contributed by atoms with E-state index in [1.54, 1.807) is 6.20 Å². The second kappa shape index (κ2) is 4.16. The molecule has 6 heteroatoms. The molecule has 2 fully saturated rings. The van der Waals surface area contributed by atoms with E-state index in [1.165, 1.54) is 0 Å². The molecule has 1 aliphatic carbocycles. The molecular formula is C14H15ClN2O3. The number of rotatable bonds is 0. The van der Waals surface area contributed by atoms with Crippen LogP contribution in [0.4, 0.5) is 5.69 Å². The lowest BCUT2D eigenvalue weighted by Crippen LogP contribution is -2.45. The summed E-state index contributed by atoms with van der Waals surface area (Å²) < 4.78 is 11.5. The van der Waals surface area contributed by atoms with Crippen molar-refractivity contribution in [2.24, 2.45) is 0 Å². The van der Waals surface area contributed by atoms with Crippen molar-refractivity contribution in [2.75, 3.05) is 18.5 Å². The Kier molecular flexibility index (Phi) is 2.61. The Balaban J connectivity index is 1.69. The third-order valence-electron chi connectivity index (χ3n) is 4.75. The van der Waals surface area contributed by atoms with Gasteiger partial charge >= 0.3 is 0 Å². The zero-order chi connectivity index (χ0) is 13.8. The van der Waals surface area contributed by atoms with Crippen molar-refractivity contribution in [3.8, 4) is 0 Å². The van der Waals surface area contributed by atoms with Crippen molar-refractivity contribution in [2.45, 2.75) is 36.9 Å². The first-order valence-corrected chi connectivity index (χ1v) is 7.27. The van der Waals surface area contributed by atoms with Crippen molar-refractivity contribution in [3.05, 3.63) is 23.0 Å². The Labute approximate surface area is 121 Å². The molecule has 5 nitrogen and oxygen atoms in total. The quantitative estimate of drug-likeness (QED) is 0.746. The first-order valence-electron chi connectivity index (χ1n) is 6.89. The summed E-state index contributed by atoms with van der Waals surface area (Å²) in [4.78, 5) is 16.5. The molecule has 106 valence electrons. The van der Waals surface area contributed by atoms with Crippen LogP contribution in [-0.4, -0.2) is 29.9 Å². The molecule has 0 bridgehead atoms. The van der Waals surface area contributed by atoms with Gasteiger partial charge in [-0.3, -0.25) is 4.79 Å². The molecule has 4 rings (SSSR count). The first kappa shape index (κ1) is 12.6. The van der Waals surface area contributed by atoms with E-state index in [-0.39, 0.29) is 5.91 Å². The Hall–Kier alpha value is -1.17. The van der Waals surface area contributed by atoms with Crippen LogP contribution in [-0.2, 0) is 19.7 Å². The zero-order valence-electron chi connectivity index (χ0n) is 10.9. The van der Waals surface area contributed by atoms with Gasteiger partial charge in [-0.15, -0.1) is 0 Å². The summed E-state index contributed by atoms with van der Waals surface area (Å²) in [5.41, 5.74) is 1.25. The van der Waals surface area contributed by atoms with Crippen LogP contribution in [0.15, 0.2) is 12.3 Å². The third-order valence-corrected chi connectivity index (χ3v) is 4.95. The highest BCUT2D eigenvalue weighted by molar-refractivity contribution is 6.29. The highest BCUT2D eigenvalue weighted by Gasteiger charge is 2.54. The number of carbonyl (C=O) groups excluding carboxylic acids is 1. The fourth-order valence-electron chi connectivity index (χ4n) is 3.63. The van der Waals surface area contributed by atoms with Crippen LogP contribution in [0, 0.1) is 0 Å². The van der Waals surface area contributed by atoms with E-state index in [0.29, 0.717) is 31.2 Å². The average molecular weight is 295 g/mol. The summed E-state index contributed by atoms with van der Waals surface area (Å²) in [5.74, 6) is -0.421. The average Bonchev–Trinajstić information content (AvgIpc) is 2.99. The van der Waals surface area contributed by atoms with Gasteiger partial charge in [0.25, 0.3) is 0 Å². The minimum absolute atomic E-state index is 0.0458. The number of aromatic nitrogens is 1. The standard InChI is InChI=1S/C14H15ClN2O3/c15-11-7-9-10(8-16-11)17-12(18)13(9)1-3-14(4-2-13)19-5-6-20-14/h7-8H,1-6H2,(H,17,18). The topological polar surface area (TPSA) is 60.5 Å². The van der Waals surface area contributed by atoms with Crippen molar-refractivity contribution < 1.29 is 14.3 Å². The summed E-state index contributed by atoms with van der Waals surface area (Å²) in [5, 5.41) is 3.35. The van der Waals surface area contributed by atoms with Crippen molar-refractivity contribution in [1.29, 1.82) is 0 Å². The fourth-order valence-corrected chi connectivity index (χ4v) is 3.79. The van der Waals surface area contributed by atoms with E-state index < -0.39 is 11.2 Å². The summed E-state index contributed by atoms with van der Waals surface area (Å²) in [7, 11) is 0. The first-order chi connectivity index (χ1) is 9.64. The normalized spacial score (nSPS) is 25.9. The van der Waals surface area contributed by atoms with Crippen LogP contribution < -0.4 is 5.32 Å². The van der Waals surface area contributed by atoms with E-state index in [1.807, 2.05) is 6.07 Å². The molecule has 0 aromatic carbocycles. The van der Waals surface area contributed by atoms with Gasteiger partial charge in [-0.1, -0.05) is 11.6 Å². The van der Waals surface area contributed by atoms with Crippen LogP contribution in [0.1, 0.15) is 31.2 Å². The maximum Gasteiger partial charge on any atom is 0.235 e. The fraction of sp³-hybridized carbons (Fsp3) is 0.571. The number of nitrogens with one attached hydrogen (secondary N) is 1. The molecule has 0 unspecified atom stereocenters. The number of amides is 1. The summed E-state index contributed by atoms with van der Waals surface area (Å²) >= 11 is 5.99. The predicted molar refractivity (Wildman–Crippen MR) is 72.7 cm³/mol. The second-order valence-corrected chi connectivity index (χ2v) is 6.08. The number of pyridine rings is 1. The number of anilines is 1. The Morgan fingerprint density at radius 1 is 1.20 bits per heavy atom. The minimum Gasteiger partial charge on any atom is -0.348 e. The third kappa shape index (κ3) is 1.63. The summed E-state index contributed by atoms with van der Waals surface area (Å²) in [6, 6.07) is 1.81. The van der Waals surface area contributed by atoms with Crippen LogP contribution in [0.5, 0.6) is 0 Å². The molecule has 0 radical (unpaired) electrons. The molecule has 20 heavy (non-hydrogen) atoms. The number of hydrogen-bond donors (Lipinski definition) is 1. The van der Waals surface area contributed by atoms with Gasteiger partial charge in [0.2, 0.25) is 5.91 Å². The Morgan fingerprint density at radius 3 is 2.60 bits per heavy atom. The molecule has 1 saturated heterocycles. The van der Waals surface area contributed by atoms with Gasteiger partial charge in [0.05, 0.1) is 30.5 Å². The molecule has 3 heterocycles. The molecule has 1 aromatic heterocycles. The van der Waals surface area contributed by atoms with E-state index in [2.05, 4.69) is 10.3 Å². The monoisotopic (exact) mass is 294 g/mol. The van der Waals surface area contributed by atoms with Crippen LogP contribution in [0.2, 0.25) is 5.15 Å². The minimum atomic E-state index is -0.498. The molecule has 1 aromatic rings. The van der Waals surface area contributed by atoms with Crippen molar-refractivity contribution >= 4 is 23.2 Å². The second-order valence-electron chi connectivity index (χ2n) is 5.70. The molecule has 3 aliphatic rings. The molecule has 0 atom stereocenters. The summed E-state index contributed by atoms with van der Waals surface area (Å²) in [6.07, 6.45) is 4.54. The van der Waals surface area contributed by atoms with E-state index >= 15 is 0 Å². The van der Waals surface area contributed by atoms with Gasteiger partial charge in [-0.2, -0.15) is 0 Å². The van der Waals surface area contributed by atoms with Crippen molar-refractivity contribution in [1.82, 2.24) is 4.98 Å². The van der Waals surface area contributed by atoms with Gasteiger partial charge < -0.3 is 14.8 Å². The SMILES string of the molecule is O=C1Nc2cnc(Cl)cc2C12CCC1(CC2)OCCO1. The van der Waals surface area contributed by atoms with Gasteiger partial charge in [-0.05, 0) is 24.5 Å². The number of halogens is 1. The molecule has 1 saturated carbocycles. The summed E-state index contributed by atoms with van der Waals surface area (Å²) in [6.45, 7) is 1.29. The highest BCUT2D eigenvalue weighted by atomic mass is 35.5. The highest BCUT2D eigenvalue weighted by Crippen LogP contribution is 2.51. The van der Waals surface area contributed by atoms with Crippen molar-refractivity contribution in [3.63, 3.8) is 0 Å². The Morgan fingerprint density at radius 2 is 1.90 bits per heavy atom. The van der Waals surface area contributed by atoms with Crippen LogP contribution in [0.25, 0.3) is 0 Å². The van der Waals surface area contributed by atoms with E-state index in [0.717, 1.165) is 24.1 Å².